The molecule has 1 atom stereocenters. The van der Waals surface area contributed by atoms with E-state index in [-0.39, 0.29) is 17.4 Å². The molecule has 1 N–H and O–H groups in total. The number of aromatic nitrogens is 2. The van der Waals surface area contributed by atoms with Gasteiger partial charge >= 0.3 is 0 Å². The Bertz CT molecular complexity index is 930. The molecule has 2 fully saturated rings. The zero-order valence-electron chi connectivity index (χ0n) is 15.5. The lowest BCUT2D eigenvalue weighted by molar-refractivity contribution is -0.130. The summed E-state index contributed by atoms with van der Waals surface area (Å²) in [6.45, 7) is 4.69. The maximum Gasteiger partial charge on any atom is 0.274 e. The van der Waals surface area contributed by atoms with E-state index in [1.54, 1.807) is 25.1 Å². The first-order valence-corrected chi connectivity index (χ1v) is 9.57. The molecule has 0 spiro atoms. The van der Waals surface area contributed by atoms with Gasteiger partial charge in [-0.1, -0.05) is 18.2 Å². The normalized spacial score (nSPS) is 21.0. The highest BCUT2D eigenvalue weighted by Gasteiger charge is 2.35. The number of fused-ring (bicyclic) bond motifs is 1. The number of amides is 2. The molecule has 1 unspecified atom stereocenters. The van der Waals surface area contributed by atoms with E-state index in [1.165, 1.54) is 0 Å². The van der Waals surface area contributed by atoms with Gasteiger partial charge in [-0.2, -0.15) is 5.10 Å². The van der Waals surface area contributed by atoms with Crippen molar-refractivity contribution in [3.63, 3.8) is 0 Å². The van der Waals surface area contributed by atoms with Crippen LogP contribution in [0.4, 0.5) is 0 Å². The number of carbonyl (C=O) groups excluding carboxylic acids is 2. The summed E-state index contributed by atoms with van der Waals surface area (Å²) in [7, 11) is 0. The first-order valence-electron chi connectivity index (χ1n) is 9.57. The number of nitrogens with one attached hydrogen (secondary N) is 1. The molecular weight excluding hydrogens is 344 g/mol. The van der Waals surface area contributed by atoms with Crippen LogP contribution >= 0.6 is 0 Å². The van der Waals surface area contributed by atoms with Crippen LogP contribution in [0.15, 0.2) is 29.1 Å². The number of piperidine rings is 1. The number of aromatic amines is 1. The Balaban J connectivity index is 1.47. The standard InChI is InChI=1S/C20H24N4O3/c1-13(25)23-9-6-14(7-10-23)15-8-11-24(12-15)20(27)18-16-4-2-3-5-17(16)19(26)22-21-18/h2-5,14-15H,6-12H2,1H3,(H,22,26). The van der Waals surface area contributed by atoms with E-state index in [0.717, 1.165) is 38.9 Å². The van der Waals surface area contributed by atoms with Crippen LogP contribution in [0, 0.1) is 11.8 Å². The van der Waals surface area contributed by atoms with Gasteiger partial charge in [0.05, 0.1) is 5.39 Å². The molecule has 1 aromatic carbocycles. The Morgan fingerprint density at radius 2 is 1.63 bits per heavy atom. The monoisotopic (exact) mass is 368 g/mol. The second kappa shape index (κ2) is 7.13. The third-order valence-electron chi connectivity index (χ3n) is 6.06. The Labute approximate surface area is 157 Å². The van der Waals surface area contributed by atoms with Crippen molar-refractivity contribution in [2.24, 2.45) is 11.8 Å². The van der Waals surface area contributed by atoms with Crippen molar-refractivity contribution in [2.45, 2.75) is 26.2 Å². The molecule has 27 heavy (non-hydrogen) atoms. The Kier molecular flexibility index (Phi) is 4.68. The van der Waals surface area contributed by atoms with Crippen LogP contribution in [0.5, 0.6) is 0 Å². The van der Waals surface area contributed by atoms with Crippen LogP contribution in [0.3, 0.4) is 0 Å². The van der Waals surface area contributed by atoms with E-state index in [2.05, 4.69) is 10.2 Å². The van der Waals surface area contributed by atoms with E-state index in [4.69, 9.17) is 0 Å². The van der Waals surface area contributed by atoms with Gasteiger partial charge in [0.15, 0.2) is 5.69 Å². The maximum atomic E-state index is 13.0. The molecule has 0 bridgehead atoms. The summed E-state index contributed by atoms with van der Waals surface area (Å²) in [5, 5.41) is 7.58. The molecule has 4 rings (SSSR count). The summed E-state index contributed by atoms with van der Waals surface area (Å²) < 4.78 is 0. The molecule has 2 aliphatic rings. The zero-order chi connectivity index (χ0) is 19.0. The quantitative estimate of drug-likeness (QED) is 0.873. The van der Waals surface area contributed by atoms with Crippen molar-refractivity contribution >= 4 is 22.6 Å². The Hall–Kier alpha value is -2.70. The number of carbonyl (C=O) groups is 2. The first-order chi connectivity index (χ1) is 13.0. The predicted molar refractivity (Wildman–Crippen MR) is 101 cm³/mol. The first kappa shape index (κ1) is 17.7. The van der Waals surface area contributed by atoms with E-state index in [1.807, 2.05) is 15.9 Å². The Morgan fingerprint density at radius 3 is 2.33 bits per heavy atom. The van der Waals surface area contributed by atoms with Gasteiger partial charge in [0.25, 0.3) is 11.5 Å². The van der Waals surface area contributed by atoms with Crippen molar-refractivity contribution in [1.82, 2.24) is 20.0 Å². The highest BCUT2D eigenvalue weighted by Crippen LogP contribution is 2.32. The third-order valence-corrected chi connectivity index (χ3v) is 6.06. The summed E-state index contributed by atoms with van der Waals surface area (Å²) in [5.41, 5.74) is 0.0379. The molecule has 0 saturated carbocycles. The number of hydrogen-bond acceptors (Lipinski definition) is 4. The molecule has 0 radical (unpaired) electrons. The van der Waals surface area contributed by atoms with Crippen molar-refractivity contribution in [3.8, 4) is 0 Å². The van der Waals surface area contributed by atoms with Gasteiger partial charge in [0, 0.05) is 38.5 Å². The number of H-pyrrole nitrogens is 1. The molecular formula is C20H24N4O3. The van der Waals surface area contributed by atoms with Crippen LogP contribution in [0.1, 0.15) is 36.7 Å². The lowest BCUT2D eigenvalue weighted by Crippen LogP contribution is -2.39. The summed E-state index contributed by atoms with van der Waals surface area (Å²) >= 11 is 0. The van der Waals surface area contributed by atoms with Crippen molar-refractivity contribution in [3.05, 3.63) is 40.3 Å². The van der Waals surface area contributed by atoms with E-state index in [0.29, 0.717) is 34.8 Å². The lowest BCUT2D eigenvalue weighted by Gasteiger charge is -2.34. The molecule has 0 aliphatic carbocycles. The number of hydrogen-bond donors (Lipinski definition) is 1. The van der Waals surface area contributed by atoms with E-state index < -0.39 is 0 Å². The molecule has 3 heterocycles. The maximum absolute atomic E-state index is 13.0. The minimum atomic E-state index is -0.279. The molecule has 2 aliphatic heterocycles. The van der Waals surface area contributed by atoms with Gasteiger partial charge in [0.1, 0.15) is 0 Å². The Morgan fingerprint density at radius 1 is 1.00 bits per heavy atom. The molecule has 7 nitrogen and oxygen atoms in total. The number of benzene rings is 1. The second-order valence-corrected chi connectivity index (χ2v) is 7.59. The van der Waals surface area contributed by atoms with Gasteiger partial charge in [-0.3, -0.25) is 14.4 Å². The smallest absolute Gasteiger partial charge is 0.274 e. The van der Waals surface area contributed by atoms with Gasteiger partial charge < -0.3 is 9.80 Å². The highest BCUT2D eigenvalue weighted by molar-refractivity contribution is 6.04. The summed E-state index contributed by atoms with van der Waals surface area (Å²) in [6, 6.07) is 7.08. The summed E-state index contributed by atoms with van der Waals surface area (Å²) in [6.07, 6.45) is 3.00. The minimum Gasteiger partial charge on any atom is -0.343 e. The molecule has 1 aromatic heterocycles. The lowest BCUT2D eigenvalue weighted by atomic mass is 9.84. The van der Waals surface area contributed by atoms with Crippen molar-refractivity contribution in [2.75, 3.05) is 26.2 Å². The fourth-order valence-electron chi connectivity index (χ4n) is 4.47. The fraction of sp³-hybridized carbons (Fsp3) is 0.500. The van der Waals surface area contributed by atoms with Crippen LogP contribution in [-0.2, 0) is 4.79 Å². The predicted octanol–water partition coefficient (Wildman–Crippen LogP) is 1.64. The van der Waals surface area contributed by atoms with E-state index in [9.17, 15) is 14.4 Å². The third kappa shape index (κ3) is 3.34. The topological polar surface area (TPSA) is 86.4 Å². The average molecular weight is 368 g/mol. The van der Waals surface area contributed by atoms with Gasteiger partial charge in [-0.15, -0.1) is 0 Å². The van der Waals surface area contributed by atoms with Crippen LogP contribution in [0.25, 0.3) is 10.8 Å². The molecule has 2 saturated heterocycles. The van der Waals surface area contributed by atoms with Gasteiger partial charge in [-0.05, 0) is 37.2 Å². The number of likely N-dealkylation sites (tertiary alicyclic amines) is 2. The van der Waals surface area contributed by atoms with Gasteiger partial charge in [0.2, 0.25) is 5.91 Å². The van der Waals surface area contributed by atoms with Crippen LogP contribution in [0.2, 0.25) is 0 Å². The molecule has 142 valence electrons. The molecule has 7 heteroatoms. The fourth-order valence-corrected chi connectivity index (χ4v) is 4.47. The SMILES string of the molecule is CC(=O)N1CCC(C2CCN(C(=O)c3n[nH]c(=O)c4ccccc34)C2)CC1. The molecule has 2 aromatic rings. The minimum absolute atomic E-state index is 0.119. The zero-order valence-corrected chi connectivity index (χ0v) is 15.5. The van der Waals surface area contributed by atoms with Gasteiger partial charge in [-0.25, -0.2) is 5.10 Å². The van der Waals surface area contributed by atoms with E-state index >= 15 is 0 Å². The van der Waals surface area contributed by atoms with Crippen LogP contribution in [-0.4, -0.2) is 58.0 Å². The summed E-state index contributed by atoms with van der Waals surface area (Å²) in [5.74, 6) is 1.05. The average Bonchev–Trinajstić information content (AvgIpc) is 3.18. The number of nitrogens with zero attached hydrogens (tertiary/aromatic N) is 3. The largest absolute Gasteiger partial charge is 0.343 e. The second-order valence-electron chi connectivity index (χ2n) is 7.59. The van der Waals surface area contributed by atoms with Crippen molar-refractivity contribution < 1.29 is 9.59 Å². The van der Waals surface area contributed by atoms with Crippen LogP contribution < -0.4 is 5.56 Å². The molecule has 2 amide bonds. The van der Waals surface area contributed by atoms with Crippen molar-refractivity contribution in [1.29, 1.82) is 0 Å². The number of rotatable bonds is 2. The summed E-state index contributed by atoms with van der Waals surface area (Å²) in [4.78, 5) is 40.2. The highest BCUT2D eigenvalue weighted by atomic mass is 16.2.